The Hall–Kier alpha value is -2.18. The SMILES string of the molecule is COCCCNc1cnc(C(=O)Nc2ccc(Cl)cc2)cn1. The molecule has 1 heterocycles. The van der Waals surface area contributed by atoms with Gasteiger partial charge in [-0.1, -0.05) is 11.6 Å². The Balaban J connectivity index is 1.89. The van der Waals surface area contributed by atoms with Gasteiger partial charge in [-0.2, -0.15) is 0 Å². The van der Waals surface area contributed by atoms with Crippen LogP contribution in [0.1, 0.15) is 16.9 Å². The van der Waals surface area contributed by atoms with Crippen LogP contribution >= 0.6 is 11.6 Å². The number of anilines is 2. The van der Waals surface area contributed by atoms with Crippen LogP contribution in [0, 0.1) is 0 Å². The van der Waals surface area contributed by atoms with Crippen molar-refractivity contribution < 1.29 is 9.53 Å². The average Bonchev–Trinajstić information content (AvgIpc) is 2.54. The minimum absolute atomic E-state index is 0.248. The molecule has 0 aliphatic carbocycles. The van der Waals surface area contributed by atoms with E-state index in [2.05, 4.69) is 20.6 Å². The van der Waals surface area contributed by atoms with Crippen molar-refractivity contribution in [3.63, 3.8) is 0 Å². The van der Waals surface area contributed by atoms with Crippen molar-refractivity contribution in [1.29, 1.82) is 0 Å². The van der Waals surface area contributed by atoms with Gasteiger partial charge in [0, 0.05) is 31.0 Å². The molecule has 7 heteroatoms. The number of carbonyl (C=O) groups is 1. The molecular formula is C15H17ClN4O2. The van der Waals surface area contributed by atoms with E-state index in [9.17, 15) is 4.79 Å². The van der Waals surface area contributed by atoms with Gasteiger partial charge in [0.2, 0.25) is 0 Å². The van der Waals surface area contributed by atoms with Crippen molar-refractivity contribution >= 4 is 29.0 Å². The largest absolute Gasteiger partial charge is 0.385 e. The molecule has 1 aromatic carbocycles. The maximum atomic E-state index is 12.0. The maximum Gasteiger partial charge on any atom is 0.275 e. The molecule has 6 nitrogen and oxygen atoms in total. The van der Waals surface area contributed by atoms with Gasteiger partial charge in [-0.15, -0.1) is 0 Å². The Kier molecular flexibility index (Phi) is 6.12. The molecule has 2 aromatic rings. The molecule has 2 N–H and O–H groups in total. The van der Waals surface area contributed by atoms with Crippen molar-refractivity contribution in [2.75, 3.05) is 30.9 Å². The molecule has 1 amide bonds. The fraction of sp³-hybridized carbons (Fsp3) is 0.267. The van der Waals surface area contributed by atoms with Crippen molar-refractivity contribution in [2.45, 2.75) is 6.42 Å². The second-order valence-corrected chi connectivity index (χ2v) is 4.96. The first-order valence-electron chi connectivity index (χ1n) is 6.81. The Morgan fingerprint density at radius 3 is 2.64 bits per heavy atom. The van der Waals surface area contributed by atoms with Crippen LogP contribution in [0.25, 0.3) is 0 Å². The number of nitrogens with zero attached hydrogens (tertiary/aromatic N) is 2. The quantitative estimate of drug-likeness (QED) is 0.767. The second kappa shape index (κ2) is 8.31. The van der Waals surface area contributed by atoms with Gasteiger partial charge in [0.1, 0.15) is 11.5 Å². The zero-order valence-electron chi connectivity index (χ0n) is 12.2. The molecule has 0 unspecified atom stereocenters. The molecular weight excluding hydrogens is 304 g/mol. The van der Waals surface area contributed by atoms with E-state index in [1.54, 1.807) is 31.4 Å². The van der Waals surface area contributed by atoms with Crippen molar-refractivity contribution in [2.24, 2.45) is 0 Å². The molecule has 0 bridgehead atoms. The number of ether oxygens (including phenoxy) is 1. The van der Waals surface area contributed by atoms with Crippen LogP contribution in [0.2, 0.25) is 5.02 Å². The van der Waals surface area contributed by atoms with Crippen LogP contribution in [-0.2, 0) is 4.74 Å². The highest BCUT2D eigenvalue weighted by Crippen LogP contribution is 2.14. The van der Waals surface area contributed by atoms with E-state index in [1.165, 1.54) is 12.4 Å². The van der Waals surface area contributed by atoms with Gasteiger partial charge in [0.25, 0.3) is 5.91 Å². The number of methoxy groups -OCH3 is 1. The van der Waals surface area contributed by atoms with E-state index >= 15 is 0 Å². The summed E-state index contributed by atoms with van der Waals surface area (Å²) in [5, 5.41) is 6.44. The molecule has 2 rings (SSSR count). The zero-order chi connectivity index (χ0) is 15.8. The van der Waals surface area contributed by atoms with Gasteiger partial charge < -0.3 is 15.4 Å². The first kappa shape index (κ1) is 16.2. The van der Waals surface area contributed by atoms with Gasteiger partial charge >= 0.3 is 0 Å². The van der Waals surface area contributed by atoms with E-state index < -0.39 is 0 Å². The number of nitrogens with one attached hydrogen (secondary N) is 2. The lowest BCUT2D eigenvalue weighted by atomic mass is 10.3. The van der Waals surface area contributed by atoms with E-state index in [0.717, 1.165) is 13.0 Å². The Bertz CT molecular complexity index is 602. The molecule has 0 atom stereocenters. The molecule has 0 spiro atoms. The molecule has 0 fully saturated rings. The summed E-state index contributed by atoms with van der Waals surface area (Å²) in [6.45, 7) is 1.42. The monoisotopic (exact) mass is 320 g/mol. The maximum absolute atomic E-state index is 12.0. The number of amides is 1. The van der Waals surface area contributed by atoms with Crippen LogP contribution < -0.4 is 10.6 Å². The number of hydrogen-bond acceptors (Lipinski definition) is 5. The van der Waals surface area contributed by atoms with Gasteiger partial charge in [0.05, 0.1) is 12.4 Å². The Morgan fingerprint density at radius 1 is 1.23 bits per heavy atom. The smallest absolute Gasteiger partial charge is 0.275 e. The molecule has 1 aromatic heterocycles. The van der Waals surface area contributed by atoms with Gasteiger partial charge in [-0.25, -0.2) is 9.97 Å². The summed E-state index contributed by atoms with van der Waals surface area (Å²) in [7, 11) is 1.66. The highest BCUT2D eigenvalue weighted by Gasteiger charge is 2.08. The summed E-state index contributed by atoms with van der Waals surface area (Å²) in [6, 6.07) is 6.85. The van der Waals surface area contributed by atoms with E-state index in [0.29, 0.717) is 23.1 Å². The molecule has 0 radical (unpaired) electrons. The minimum Gasteiger partial charge on any atom is -0.385 e. The summed E-state index contributed by atoms with van der Waals surface area (Å²) >= 11 is 5.79. The van der Waals surface area contributed by atoms with E-state index in [1.807, 2.05) is 0 Å². The van der Waals surface area contributed by atoms with Crippen LogP contribution in [0.15, 0.2) is 36.7 Å². The molecule has 0 saturated heterocycles. The highest BCUT2D eigenvalue weighted by molar-refractivity contribution is 6.30. The number of benzene rings is 1. The van der Waals surface area contributed by atoms with Crippen molar-refractivity contribution in [1.82, 2.24) is 9.97 Å². The molecule has 0 aliphatic rings. The standard InChI is InChI=1S/C15H17ClN4O2/c1-22-8-2-7-17-14-10-18-13(9-19-14)15(21)20-12-5-3-11(16)4-6-12/h3-6,9-10H,2,7-8H2,1H3,(H,17,19)(H,20,21). The molecule has 22 heavy (non-hydrogen) atoms. The summed E-state index contributed by atoms with van der Waals surface area (Å²) in [4.78, 5) is 20.3. The average molecular weight is 321 g/mol. The van der Waals surface area contributed by atoms with Crippen molar-refractivity contribution in [3.05, 3.63) is 47.4 Å². The third-order valence-electron chi connectivity index (χ3n) is 2.82. The minimum atomic E-state index is -0.319. The van der Waals surface area contributed by atoms with Crippen LogP contribution in [0.5, 0.6) is 0 Å². The first-order chi connectivity index (χ1) is 10.7. The van der Waals surface area contributed by atoms with Crippen LogP contribution in [0.3, 0.4) is 0 Å². The lowest BCUT2D eigenvalue weighted by molar-refractivity contribution is 0.102. The predicted molar refractivity (Wildman–Crippen MR) is 86.4 cm³/mol. The predicted octanol–water partition coefficient (Wildman–Crippen LogP) is 2.83. The molecule has 0 aliphatic heterocycles. The van der Waals surface area contributed by atoms with Gasteiger partial charge in [-0.3, -0.25) is 4.79 Å². The number of aromatic nitrogens is 2. The van der Waals surface area contributed by atoms with Crippen molar-refractivity contribution in [3.8, 4) is 0 Å². The van der Waals surface area contributed by atoms with Crippen LogP contribution in [-0.4, -0.2) is 36.1 Å². The lowest BCUT2D eigenvalue weighted by Crippen LogP contribution is -2.14. The first-order valence-corrected chi connectivity index (χ1v) is 7.18. The number of hydrogen-bond donors (Lipinski definition) is 2. The number of rotatable bonds is 7. The summed E-state index contributed by atoms with van der Waals surface area (Å²) < 4.78 is 4.96. The van der Waals surface area contributed by atoms with E-state index in [4.69, 9.17) is 16.3 Å². The Morgan fingerprint density at radius 2 is 2.00 bits per heavy atom. The lowest BCUT2D eigenvalue weighted by Gasteiger charge is -2.06. The summed E-state index contributed by atoms with van der Waals surface area (Å²) in [6.07, 6.45) is 3.84. The fourth-order valence-electron chi connectivity index (χ4n) is 1.70. The molecule has 116 valence electrons. The normalized spacial score (nSPS) is 10.3. The third kappa shape index (κ3) is 4.98. The molecule has 0 saturated carbocycles. The summed E-state index contributed by atoms with van der Waals surface area (Å²) in [5.74, 6) is 0.305. The Labute approximate surface area is 133 Å². The number of carbonyl (C=O) groups excluding carboxylic acids is 1. The zero-order valence-corrected chi connectivity index (χ0v) is 12.9. The van der Waals surface area contributed by atoms with Gasteiger partial charge in [-0.05, 0) is 30.7 Å². The van der Waals surface area contributed by atoms with E-state index in [-0.39, 0.29) is 11.6 Å². The fourth-order valence-corrected chi connectivity index (χ4v) is 1.82. The van der Waals surface area contributed by atoms with Gasteiger partial charge in [0.15, 0.2) is 0 Å². The third-order valence-corrected chi connectivity index (χ3v) is 3.07. The summed E-state index contributed by atoms with van der Waals surface area (Å²) in [5.41, 5.74) is 0.898. The topological polar surface area (TPSA) is 76.1 Å². The van der Waals surface area contributed by atoms with Crippen LogP contribution in [0.4, 0.5) is 11.5 Å². The number of halogens is 1. The second-order valence-electron chi connectivity index (χ2n) is 4.52. The highest BCUT2D eigenvalue weighted by atomic mass is 35.5.